The van der Waals surface area contributed by atoms with Gasteiger partial charge >= 0.3 is 0 Å². The van der Waals surface area contributed by atoms with E-state index in [0.29, 0.717) is 0 Å². The standard InChI is InChI=1S/C132H86N4O2/c1-3-30-87(31-4-1)88-64-66-90(67-65-88)107-42-7-15-55-121(107)134(105-41-26-37-97(85-105)95-35-24-39-99(83-95)109-44-9-17-57-123(109)136-126-60-20-12-47-115(126)116-48-13-21-61-127(116)136)103-79-70-92(71-80-103)112-52-28-54-119-130-110(50-29-63-129(130)138-132(112)119)100-74-81-106(89-32-5-2-6-33-89)120(86-100)93-72-77-102(78-73-93)133(101-75-68-91(69-76-101)111-51-27-53-118-117-49-14-22-62-128(117)137-131(111)118)104-40-25-36-96(84-104)94-34-23-38-98(82-94)108-43-8-16-56-122(108)135-124-58-18-10-45-113(124)114-46-11-19-59-125(114)135/h1-86H. The van der Waals surface area contributed by atoms with Gasteiger partial charge in [-0.1, -0.05) is 388 Å². The Balaban J connectivity index is 0.554. The molecule has 6 nitrogen and oxygen atoms in total. The van der Waals surface area contributed by atoms with Crippen molar-refractivity contribution in [3.8, 4) is 134 Å². The maximum absolute atomic E-state index is 7.22. The van der Waals surface area contributed by atoms with Crippen LogP contribution in [0.15, 0.2) is 531 Å². The minimum Gasteiger partial charge on any atom is -0.455 e. The van der Waals surface area contributed by atoms with E-state index < -0.39 is 0 Å². The number of nitrogens with zero attached hydrogens (tertiary/aromatic N) is 4. The number of hydrogen-bond donors (Lipinski definition) is 0. The first-order valence-corrected chi connectivity index (χ1v) is 47.2. The summed E-state index contributed by atoms with van der Waals surface area (Å²) in [6.45, 7) is 0. The summed E-state index contributed by atoms with van der Waals surface area (Å²) in [6, 6.07) is 190. The van der Waals surface area contributed by atoms with Crippen molar-refractivity contribution in [2.24, 2.45) is 0 Å². The molecule has 4 heterocycles. The van der Waals surface area contributed by atoms with Gasteiger partial charge in [0.25, 0.3) is 0 Å². The number of rotatable bonds is 19. The van der Waals surface area contributed by atoms with Crippen LogP contribution in [0.3, 0.4) is 0 Å². The van der Waals surface area contributed by atoms with Crippen molar-refractivity contribution in [2.45, 2.75) is 0 Å². The van der Waals surface area contributed by atoms with Gasteiger partial charge in [-0.05, 0) is 228 Å². The van der Waals surface area contributed by atoms with Crippen molar-refractivity contribution in [2.75, 3.05) is 9.80 Å². The van der Waals surface area contributed by atoms with Crippen molar-refractivity contribution >= 4 is 122 Å². The fourth-order valence-corrected chi connectivity index (χ4v) is 21.3. The van der Waals surface area contributed by atoms with Crippen molar-refractivity contribution < 1.29 is 8.83 Å². The van der Waals surface area contributed by atoms with Gasteiger partial charge in [0.1, 0.15) is 22.3 Å². The second-order valence-corrected chi connectivity index (χ2v) is 35.7. The molecule has 26 rings (SSSR count). The molecule has 0 N–H and O–H groups in total. The van der Waals surface area contributed by atoms with Gasteiger partial charge in [-0.25, -0.2) is 0 Å². The molecule has 0 unspecified atom stereocenters. The largest absolute Gasteiger partial charge is 0.455 e. The van der Waals surface area contributed by atoms with Gasteiger partial charge in [-0.3, -0.25) is 0 Å². The predicted octanol–water partition coefficient (Wildman–Crippen LogP) is 37.0. The molecule has 646 valence electrons. The summed E-state index contributed by atoms with van der Waals surface area (Å²) >= 11 is 0. The molecule has 22 aromatic carbocycles. The molecule has 0 spiro atoms. The third kappa shape index (κ3) is 14.1. The Morgan fingerprint density at radius 1 is 0.152 bits per heavy atom. The van der Waals surface area contributed by atoms with Crippen LogP contribution in [-0.4, -0.2) is 9.13 Å². The van der Waals surface area contributed by atoms with Gasteiger partial charge in [0.05, 0.1) is 39.1 Å². The zero-order valence-electron chi connectivity index (χ0n) is 75.3. The zero-order chi connectivity index (χ0) is 91.1. The maximum Gasteiger partial charge on any atom is 0.143 e. The molecule has 0 aliphatic carbocycles. The van der Waals surface area contributed by atoms with Crippen LogP contribution in [0.5, 0.6) is 0 Å². The number of fused-ring (bicyclic) bond motifs is 12. The SMILES string of the molecule is c1ccc(-c2ccc(-c3ccccc3N(c3ccc(-c4cccc5c4oc4cccc(-c6ccc(-c7ccccc7)c(-c7ccc(N(c8ccc(-c9cccc%10c9oc9ccccc9%10)cc8)c8cccc(-c9cccc(-c%10ccccc%10-n%10c%11ccccc%11c%11ccccc%11%10)c9)c8)cc7)c6)c45)cc3)c3cccc(-c4cccc(-c5ccccc5-n5c6ccccc6c6ccccc65)c4)c3)cc2)cc1. The molecule has 0 atom stereocenters. The molecule has 0 aliphatic rings. The molecule has 0 bridgehead atoms. The average molecular weight is 1760 g/mol. The topological polar surface area (TPSA) is 42.6 Å². The van der Waals surface area contributed by atoms with Crippen LogP contribution in [0.4, 0.5) is 34.1 Å². The molecule has 138 heavy (non-hydrogen) atoms. The first-order valence-electron chi connectivity index (χ1n) is 47.2. The van der Waals surface area contributed by atoms with Crippen molar-refractivity contribution in [3.63, 3.8) is 0 Å². The Hall–Kier alpha value is -18.4. The number of para-hydroxylation sites is 10. The van der Waals surface area contributed by atoms with E-state index >= 15 is 0 Å². The van der Waals surface area contributed by atoms with Crippen LogP contribution in [-0.2, 0) is 0 Å². The van der Waals surface area contributed by atoms with Gasteiger partial charge in [-0.2, -0.15) is 0 Å². The fourth-order valence-electron chi connectivity index (χ4n) is 21.3. The van der Waals surface area contributed by atoms with Crippen LogP contribution < -0.4 is 9.80 Å². The van der Waals surface area contributed by atoms with Crippen molar-refractivity contribution in [1.29, 1.82) is 0 Å². The Labute approximate surface area is 799 Å². The molecule has 0 saturated heterocycles. The van der Waals surface area contributed by atoms with E-state index in [1.54, 1.807) is 0 Å². The van der Waals surface area contributed by atoms with E-state index in [1.165, 1.54) is 54.7 Å². The summed E-state index contributed by atoms with van der Waals surface area (Å²) in [7, 11) is 0. The maximum atomic E-state index is 7.22. The molecule has 4 aromatic heterocycles. The zero-order valence-corrected chi connectivity index (χ0v) is 75.3. The van der Waals surface area contributed by atoms with Gasteiger partial charge < -0.3 is 27.8 Å². The summed E-state index contributed by atoms with van der Waals surface area (Å²) in [5, 5.41) is 9.26. The van der Waals surface area contributed by atoms with Crippen LogP contribution >= 0.6 is 0 Å². The van der Waals surface area contributed by atoms with Crippen molar-refractivity contribution in [1.82, 2.24) is 9.13 Å². The first-order chi connectivity index (χ1) is 68.4. The second kappa shape index (κ2) is 34.0. The predicted molar refractivity (Wildman–Crippen MR) is 579 cm³/mol. The van der Waals surface area contributed by atoms with Crippen LogP contribution in [0.1, 0.15) is 0 Å². The first kappa shape index (κ1) is 80.5. The molecule has 0 radical (unpaired) electrons. The number of aromatic nitrogens is 2. The van der Waals surface area contributed by atoms with Crippen LogP contribution in [0.25, 0.3) is 221 Å². The van der Waals surface area contributed by atoms with Gasteiger partial charge in [0.2, 0.25) is 0 Å². The van der Waals surface area contributed by atoms with E-state index in [-0.39, 0.29) is 0 Å². The highest BCUT2D eigenvalue weighted by Gasteiger charge is 2.26. The summed E-state index contributed by atoms with van der Waals surface area (Å²) in [6.07, 6.45) is 0. The minimum absolute atomic E-state index is 0.819. The smallest absolute Gasteiger partial charge is 0.143 e. The number of anilines is 6. The highest BCUT2D eigenvalue weighted by Crippen LogP contribution is 2.50. The Bertz CT molecular complexity index is 9090. The van der Waals surface area contributed by atoms with E-state index in [2.05, 4.69) is 535 Å². The summed E-state index contributed by atoms with van der Waals surface area (Å²) in [5.74, 6) is 0. The monoisotopic (exact) mass is 1760 g/mol. The lowest BCUT2D eigenvalue weighted by atomic mass is 9.89. The molecular weight excluding hydrogens is 1670 g/mol. The van der Waals surface area contributed by atoms with Gasteiger partial charge in [-0.15, -0.1) is 0 Å². The molecular formula is C132H86N4O2. The quantitative estimate of drug-likeness (QED) is 0.0809. The third-order valence-corrected chi connectivity index (χ3v) is 27.8. The fraction of sp³-hybridized carbons (Fsp3) is 0. The van der Waals surface area contributed by atoms with Gasteiger partial charge in [0.15, 0.2) is 0 Å². The summed E-state index contributed by atoms with van der Waals surface area (Å²) in [5.41, 5.74) is 40.9. The van der Waals surface area contributed by atoms with E-state index in [0.717, 1.165) is 201 Å². The molecule has 0 aliphatic heterocycles. The number of hydrogen-bond acceptors (Lipinski definition) is 4. The van der Waals surface area contributed by atoms with E-state index in [4.69, 9.17) is 8.83 Å². The minimum atomic E-state index is 0.819. The van der Waals surface area contributed by atoms with E-state index in [1.807, 2.05) is 6.07 Å². The molecule has 0 fully saturated rings. The van der Waals surface area contributed by atoms with E-state index in [9.17, 15) is 0 Å². The van der Waals surface area contributed by atoms with Crippen LogP contribution in [0.2, 0.25) is 0 Å². The lowest BCUT2D eigenvalue weighted by molar-refractivity contribution is 0.669. The summed E-state index contributed by atoms with van der Waals surface area (Å²) < 4.78 is 18.7. The molecule has 0 amide bonds. The third-order valence-electron chi connectivity index (χ3n) is 27.8. The Morgan fingerprint density at radius 3 is 1.02 bits per heavy atom. The molecule has 0 saturated carbocycles. The second-order valence-electron chi connectivity index (χ2n) is 35.7. The highest BCUT2D eigenvalue weighted by atomic mass is 16.3. The lowest BCUT2D eigenvalue weighted by Crippen LogP contribution is -2.11. The highest BCUT2D eigenvalue weighted by molar-refractivity contribution is 6.17. The van der Waals surface area contributed by atoms with Gasteiger partial charge in [0, 0.05) is 99.3 Å². The normalized spacial score (nSPS) is 11.6. The van der Waals surface area contributed by atoms with Crippen molar-refractivity contribution in [3.05, 3.63) is 522 Å². The summed E-state index contributed by atoms with van der Waals surface area (Å²) in [4.78, 5) is 4.81. The number of furan rings is 2. The Morgan fingerprint density at radius 2 is 0.471 bits per heavy atom. The molecule has 6 heteroatoms. The lowest BCUT2D eigenvalue weighted by Gasteiger charge is -2.28. The number of benzene rings is 22. The average Bonchev–Trinajstić information content (AvgIpc) is 1.70. The Kier molecular flexibility index (Phi) is 19.9. The van der Waals surface area contributed by atoms with Crippen LogP contribution in [0, 0.1) is 0 Å². The molecule has 26 aromatic rings.